The number of H-pyrrole nitrogens is 1. The number of nitrogens with zero attached hydrogens (tertiary/aromatic N) is 2. The first-order valence-electron chi connectivity index (χ1n) is 5.91. The van der Waals surface area contributed by atoms with E-state index in [1.54, 1.807) is 4.90 Å². The molecule has 1 aliphatic heterocycles. The summed E-state index contributed by atoms with van der Waals surface area (Å²) in [6.07, 6.45) is 1.82. The first kappa shape index (κ1) is 15.5. The zero-order valence-corrected chi connectivity index (χ0v) is 11.4. The molecule has 2 N–H and O–H groups in total. The summed E-state index contributed by atoms with van der Waals surface area (Å²) in [4.78, 5) is 26.3. The quantitative estimate of drug-likeness (QED) is 0.645. The van der Waals surface area contributed by atoms with Gasteiger partial charge in [0.25, 0.3) is 5.91 Å². The maximum absolute atomic E-state index is 12.1. The highest BCUT2D eigenvalue weighted by atomic mass is 35.5. The van der Waals surface area contributed by atoms with Crippen molar-refractivity contribution < 1.29 is 9.72 Å². The third-order valence-corrected chi connectivity index (χ3v) is 3.29. The Morgan fingerprint density at radius 3 is 2.58 bits per heavy atom. The van der Waals surface area contributed by atoms with Gasteiger partial charge < -0.3 is 20.3 Å². The lowest BCUT2D eigenvalue weighted by Crippen LogP contribution is -2.44. The highest BCUT2D eigenvalue weighted by molar-refractivity contribution is 5.93. The van der Waals surface area contributed by atoms with Crippen molar-refractivity contribution in [1.29, 1.82) is 0 Å². The molecule has 0 aromatic carbocycles. The van der Waals surface area contributed by atoms with Crippen LogP contribution in [0.2, 0.25) is 0 Å². The molecule has 19 heavy (non-hydrogen) atoms. The minimum Gasteiger partial charge on any atom is -0.358 e. The molecule has 1 aliphatic rings. The number of likely N-dealkylation sites (tertiary alicyclic amines) is 1. The minimum atomic E-state index is -0.538. The van der Waals surface area contributed by atoms with Crippen molar-refractivity contribution in [3.05, 3.63) is 27.9 Å². The molecule has 0 radical (unpaired) electrons. The van der Waals surface area contributed by atoms with Gasteiger partial charge in [-0.25, -0.2) is 4.98 Å². The zero-order valence-electron chi connectivity index (χ0n) is 10.6. The molecule has 7 nitrogen and oxygen atoms in total. The molecule has 1 amide bonds. The number of halogens is 1. The lowest BCUT2D eigenvalue weighted by atomic mass is 10.1. The van der Waals surface area contributed by atoms with Crippen LogP contribution in [0.1, 0.15) is 23.3 Å². The van der Waals surface area contributed by atoms with E-state index in [-0.39, 0.29) is 29.8 Å². The Kier molecular flexibility index (Phi) is 5.31. The van der Waals surface area contributed by atoms with E-state index in [0.717, 1.165) is 12.8 Å². The fraction of sp³-hybridized carbons (Fsp3) is 0.545. The number of nitro groups is 1. The van der Waals surface area contributed by atoms with E-state index in [2.05, 4.69) is 10.3 Å². The number of piperidine rings is 1. The smallest absolute Gasteiger partial charge is 0.321 e. The van der Waals surface area contributed by atoms with Gasteiger partial charge in [0.2, 0.25) is 0 Å². The van der Waals surface area contributed by atoms with Crippen LogP contribution < -0.4 is 5.32 Å². The summed E-state index contributed by atoms with van der Waals surface area (Å²) >= 11 is 0. The summed E-state index contributed by atoms with van der Waals surface area (Å²) < 4.78 is 0. The van der Waals surface area contributed by atoms with E-state index in [0.29, 0.717) is 19.1 Å². The van der Waals surface area contributed by atoms with Crippen LogP contribution >= 0.6 is 12.4 Å². The average Bonchev–Trinajstić information content (AvgIpc) is 2.88. The molecule has 2 heterocycles. The molecule has 0 unspecified atom stereocenters. The third kappa shape index (κ3) is 3.45. The molecule has 1 saturated heterocycles. The Balaban J connectivity index is 0.00000180. The van der Waals surface area contributed by atoms with Crippen molar-refractivity contribution in [3.8, 4) is 0 Å². The molecule has 0 aliphatic carbocycles. The van der Waals surface area contributed by atoms with Crippen LogP contribution in [0.3, 0.4) is 0 Å². The second-order valence-corrected chi connectivity index (χ2v) is 4.37. The molecule has 1 fully saturated rings. The van der Waals surface area contributed by atoms with Crippen LogP contribution in [0.4, 0.5) is 5.82 Å². The van der Waals surface area contributed by atoms with Gasteiger partial charge in [-0.1, -0.05) is 0 Å². The molecule has 2 rings (SSSR count). The number of carbonyl (C=O) groups excluding carboxylic acids is 1. The van der Waals surface area contributed by atoms with E-state index < -0.39 is 4.92 Å². The van der Waals surface area contributed by atoms with Gasteiger partial charge in [-0.3, -0.25) is 4.79 Å². The van der Waals surface area contributed by atoms with Crippen LogP contribution in [0.15, 0.2) is 12.1 Å². The van der Waals surface area contributed by atoms with E-state index in [9.17, 15) is 14.9 Å². The summed E-state index contributed by atoms with van der Waals surface area (Å²) in [7, 11) is 1.91. The van der Waals surface area contributed by atoms with Crippen LogP contribution in [0, 0.1) is 10.1 Å². The number of amides is 1. The predicted molar refractivity (Wildman–Crippen MR) is 72.7 cm³/mol. The molecule has 106 valence electrons. The number of hydrogen-bond acceptors (Lipinski definition) is 4. The van der Waals surface area contributed by atoms with Gasteiger partial charge >= 0.3 is 5.82 Å². The average molecular weight is 289 g/mol. The topological polar surface area (TPSA) is 91.3 Å². The molecule has 1 aromatic heterocycles. The number of rotatable bonds is 3. The van der Waals surface area contributed by atoms with Crippen molar-refractivity contribution in [3.63, 3.8) is 0 Å². The summed E-state index contributed by atoms with van der Waals surface area (Å²) in [5, 5.41) is 13.7. The molecular formula is C11H17ClN4O3. The fourth-order valence-corrected chi connectivity index (χ4v) is 2.16. The second-order valence-electron chi connectivity index (χ2n) is 4.37. The van der Waals surface area contributed by atoms with E-state index in [1.807, 2.05) is 7.05 Å². The van der Waals surface area contributed by atoms with E-state index >= 15 is 0 Å². The van der Waals surface area contributed by atoms with Gasteiger partial charge in [0.1, 0.15) is 0 Å². The lowest BCUT2D eigenvalue weighted by molar-refractivity contribution is -0.389. The highest BCUT2D eigenvalue weighted by Gasteiger charge is 2.25. The first-order valence-corrected chi connectivity index (χ1v) is 5.91. The van der Waals surface area contributed by atoms with Gasteiger partial charge in [-0.05, 0) is 30.9 Å². The van der Waals surface area contributed by atoms with Gasteiger partial charge in [-0.15, -0.1) is 12.4 Å². The largest absolute Gasteiger partial charge is 0.358 e. The molecule has 0 atom stereocenters. The summed E-state index contributed by atoms with van der Waals surface area (Å²) in [5.41, 5.74) is 0.282. The summed E-state index contributed by atoms with van der Waals surface area (Å²) in [6.45, 7) is 1.36. The number of aromatic amines is 1. The van der Waals surface area contributed by atoms with Gasteiger partial charge in [0.05, 0.1) is 0 Å². The van der Waals surface area contributed by atoms with Crippen molar-refractivity contribution in [2.75, 3.05) is 20.1 Å². The first-order chi connectivity index (χ1) is 8.61. The minimum absolute atomic E-state index is 0. The normalized spacial score (nSPS) is 15.9. The van der Waals surface area contributed by atoms with Crippen molar-refractivity contribution in [2.24, 2.45) is 0 Å². The Morgan fingerprint density at radius 2 is 2.11 bits per heavy atom. The Bertz CT molecular complexity index is 455. The number of hydrogen-bond donors (Lipinski definition) is 2. The zero-order chi connectivity index (χ0) is 13.1. The number of nitrogens with one attached hydrogen (secondary N) is 2. The fourth-order valence-electron chi connectivity index (χ4n) is 2.16. The number of carbonyl (C=O) groups is 1. The monoisotopic (exact) mass is 288 g/mol. The van der Waals surface area contributed by atoms with Crippen molar-refractivity contribution >= 4 is 24.1 Å². The summed E-state index contributed by atoms with van der Waals surface area (Å²) in [5.74, 6) is -0.318. The van der Waals surface area contributed by atoms with Crippen molar-refractivity contribution in [2.45, 2.75) is 18.9 Å². The predicted octanol–water partition coefficient (Wildman–Crippen LogP) is 1.17. The number of aromatic nitrogens is 1. The van der Waals surface area contributed by atoms with E-state index in [1.165, 1.54) is 12.1 Å². The van der Waals surface area contributed by atoms with Gasteiger partial charge in [0, 0.05) is 25.2 Å². The molecule has 0 bridgehead atoms. The maximum Gasteiger partial charge on any atom is 0.321 e. The van der Waals surface area contributed by atoms with Crippen LogP contribution in [-0.2, 0) is 0 Å². The second kappa shape index (κ2) is 6.53. The Morgan fingerprint density at radius 1 is 1.47 bits per heavy atom. The maximum atomic E-state index is 12.1. The molecule has 0 spiro atoms. The Hall–Kier alpha value is -1.60. The standard InChI is InChI=1S/C11H16N4O3.ClH/c1-12-8-4-6-14(7-5-8)11(16)9-2-3-10(13-9)15(17)18;/h2-3,8,12-13H,4-7H2,1H3;1H. The third-order valence-electron chi connectivity index (χ3n) is 3.29. The molecular weight excluding hydrogens is 272 g/mol. The molecule has 0 saturated carbocycles. The van der Waals surface area contributed by atoms with E-state index in [4.69, 9.17) is 0 Å². The van der Waals surface area contributed by atoms with Gasteiger partial charge in [0.15, 0.2) is 5.69 Å². The molecule has 1 aromatic rings. The van der Waals surface area contributed by atoms with Crippen LogP contribution in [-0.4, -0.2) is 46.9 Å². The van der Waals surface area contributed by atoms with Gasteiger partial charge in [-0.2, -0.15) is 0 Å². The van der Waals surface area contributed by atoms with Crippen LogP contribution in [0.25, 0.3) is 0 Å². The summed E-state index contributed by atoms with van der Waals surface area (Å²) in [6, 6.07) is 3.23. The SMILES string of the molecule is CNC1CCN(C(=O)c2ccc([N+](=O)[O-])[nH]2)CC1.Cl. The van der Waals surface area contributed by atoms with Crippen LogP contribution in [0.5, 0.6) is 0 Å². The lowest BCUT2D eigenvalue weighted by Gasteiger charge is -2.31. The van der Waals surface area contributed by atoms with Crippen molar-refractivity contribution in [1.82, 2.24) is 15.2 Å². The highest BCUT2D eigenvalue weighted by Crippen LogP contribution is 2.16. The molecule has 8 heteroatoms. The Labute approximate surface area is 116 Å².